The average Bonchev–Trinajstić information content (AvgIpc) is 3.53. The lowest BCUT2D eigenvalue weighted by Gasteiger charge is -2.15. The summed E-state index contributed by atoms with van der Waals surface area (Å²) >= 11 is 0. The number of anilines is 2. The first-order chi connectivity index (χ1) is 15.1. The first-order valence-corrected chi connectivity index (χ1v) is 13.3. The number of hydrogen-bond acceptors (Lipinski definition) is 6. The largest absolute Gasteiger partial charge is 0.495 e. The van der Waals surface area contributed by atoms with E-state index in [-0.39, 0.29) is 28.0 Å². The van der Waals surface area contributed by atoms with Gasteiger partial charge in [-0.2, -0.15) is 0 Å². The first-order valence-electron chi connectivity index (χ1n) is 10.2. The molecular formula is C21H27N3O6S2. The van der Waals surface area contributed by atoms with E-state index in [0.29, 0.717) is 23.4 Å². The highest BCUT2D eigenvalue weighted by molar-refractivity contribution is 7.92. The maximum absolute atomic E-state index is 12.9. The maximum atomic E-state index is 12.9. The van der Waals surface area contributed by atoms with Crippen molar-refractivity contribution in [2.24, 2.45) is 0 Å². The Morgan fingerprint density at radius 2 is 1.78 bits per heavy atom. The highest BCUT2D eigenvalue weighted by Gasteiger charge is 2.30. The zero-order valence-electron chi connectivity index (χ0n) is 18.1. The van der Waals surface area contributed by atoms with E-state index < -0.39 is 26.0 Å². The predicted molar refractivity (Wildman–Crippen MR) is 123 cm³/mol. The van der Waals surface area contributed by atoms with Gasteiger partial charge >= 0.3 is 0 Å². The Hall–Kier alpha value is -2.63. The van der Waals surface area contributed by atoms with Crippen molar-refractivity contribution < 1.29 is 26.4 Å². The number of amides is 1. The van der Waals surface area contributed by atoms with Crippen LogP contribution >= 0.6 is 0 Å². The second-order valence-corrected chi connectivity index (χ2v) is 11.1. The van der Waals surface area contributed by atoms with Gasteiger partial charge in [0.2, 0.25) is 20.0 Å². The van der Waals surface area contributed by atoms with Gasteiger partial charge in [-0.3, -0.25) is 9.52 Å². The Morgan fingerprint density at radius 1 is 1.09 bits per heavy atom. The summed E-state index contributed by atoms with van der Waals surface area (Å²) < 4.78 is 59.9. The molecule has 3 N–H and O–H groups in total. The van der Waals surface area contributed by atoms with Gasteiger partial charge in [0, 0.05) is 17.3 Å². The highest BCUT2D eigenvalue weighted by Crippen LogP contribution is 2.29. The van der Waals surface area contributed by atoms with E-state index in [2.05, 4.69) is 14.8 Å². The van der Waals surface area contributed by atoms with Crippen LogP contribution in [0.3, 0.4) is 0 Å². The van der Waals surface area contributed by atoms with Gasteiger partial charge in [0.25, 0.3) is 5.91 Å². The zero-order valence-corrected chi connectivity index (χ0v) is 19.8. The molecule has 1 amide bonds. The predicted octanol–water partition coefficient (Wildman–Crippen LogP) is 2.85. The third-order valence-electron chi connectivity index (χ3n) is 4.93. The van der Waals surface area contributed by atoms with Crippen molar-refractivity contribution in [1.82, 2.24) is 4.72 Å². The molecule has 0 atom stereocenters. The fourth-order valence-corrected chi connectivity index (χ4v) is 5.77. The summed E-state index contributed by atoms with van der Waals surface area (Å²) in [6.07, 6.45) is 2.03. The molecule has 0 saturated heterocycles. The van der Waals surface area contributed by atoms with E-state index in [9.17, 15) is 21.6 Å². The smallest absolute Gasteiger partial charge is 0.255 e. The lowest BCUT2D eigenvalue weighted by Crippen LogP contribution is -2.26. The van der Waals surface area contributed by atoms with Crippen molar-refractivity contribution in [1.29, 1.82) is 0 Å². The van der Waals surface area contributed by atoms with Gasteiger partial charge in [-0.05, 0) is 62.1 Å². The molecule has 1 saturated carbocycles. The summed E-state index contributed by atoms with van der Waals surface area (Å²) in [5.74, 6) is -0.411. The molecule has 32 heavy (non-hydrogen) atoms. The fraction of sp³-hybridized carbons (Fsp3) is 0.381. The second kappa shape index (κ2) is 9.47. The van der Waals surface area contributed by atoms with Crippen LogP contribution in [0.1, 0.15) is 42.1 Å². The number of carbonyl (C=O) groups excluding carboxylic acids is 1. The molecule has 2 aromatic carbocycles. The molecule has 0 aromatic heterocycles. The first kappa shape index (κ1) is 24.0. The molecule has 174 valence electrons. The van der Waals surface area contributed by atoms with E-state index in [1.165, 1.54) is 25.3 Å². The Morgan fingerprint density at radius 3 is 2.41 bits per heavy atom. The van der Waals surface area contributed by atoms with Crippen LogP contribution in [0.5, 0.6) is 5.75 Å². The van der Waals surface area contributed by atoms with Crippen LogP contribution in [0.4, 0.5) is 11.4 Å². The van der Waals surface area contributed by atoms with E-state index in [1.807, 2.05) is 0 Å². The number of rotatable bonds is 10. The monoisotopic (exact) mass is 481 g/mol. The summed E-state index contributed by atoms with van der Waals surface area (Å²) in [5.41, 5.74) is 1.43. The molecule has 1 aliphatic carbocycles. The number of carbonyl (C=O) groups is 1. The Labute approximate surface area is 188 Å². The standard InChI is InChI=1S/C21H27N3O6S2/c1-4-12-31(26,27)24-18-7-5-6-17(14(18)2)22-21(25)15-8-11-19(30-3)20(13-15)32(28,29)23-16-9-10-16/h5-8,11,13,16,23-24H,4,9-10,12H2,1-3H3,(H,22,25). The van der Waals surface area contributed by atoms with Crippen LogP contribution in [0.2, 0.25) is 0 Å². The SMILES string of the molecule is CCCS(=O)(=O)Nc1cccc(NC(=O)c2ccc(OC)c(S(=O)(=O)NC3CC3)c2)c1C. The third kappa shape index (κ3) is 5.78. The summed E-state index contributed by atoms with van der Waals surface area (Å²) in [5, 5.41) is 2.72. The maximum Gasteiger partial charge on any atom is 0.255 e. The van der Waals surface area contributed by atoms with E-state index >= 15 is 0 Å². The number of benzene rings is 2. The van der Waals surface area contributed by atoms with Gasteiger partial charge in [0.1, 0.15) is 10.6 Å². The number of methoxy groups -OCH3 is 1. The van der Waals surface area contributed by atoms with E-state index in [1.54, 1.807) is 32.0 Å². The molecule has 0 bridgehead atoms. The van der Waals surface area contributed by atoms with Gasteiger partial charge in [-0.15, -0.1) is 0 Å². The molecule has 1 fully saturated rings. The molecule has 0 radical (unpaired) electrons. The van der Waals surface area contributed by atoms with Crippen molar-refractivity contribution in [2.75, 3.05) is 22.9 Å². The molecule has 0 aliphatic heterocycles. The normalized spacial score (nSPS) is 14.1. The molecule has 0 unspecified atom stereocenters. The minimum atomic E-state index is -3.84. The number of ether oxygens (including phenoxy) is 1. The van der Waals surface area contributed by atoms with Crippen LogP contribution in [0.25, 0.3) is 0 Å². The van der Waals surface area contributed by atoms with Gasteiger partial charge in [-0.1, -0.05) is 13.0 Å². The molecule has 0 heterocycles. The van der Waals surface area contributed by atoms with Crippen LogP contribution in [-0.4, -0.2) is 41.6 Å². The molecule has 9 nitrogen and oxygen atoms in total. The minimum absolute atomic E-state index is 0.0129. The lowest BCUT2D eigenvalue weighted by molar-refractivity contribution is 0.102. The van der Waals surface area contributed by atoms with Gasteiger partial charge < -0.3 is 10.1 Å². The van der Waals surface area contributed by atoms with E-state index in [4.69, 9.17) is 4.74 Å². The summed E-state index contributed by atoms with van der Waals surface area (Å²) in [4.78, 5) is 12.8. The zero-order chi connectivity index (χ0) is 23.5. The van der Waals surface area contributed by atoms with Crippen LogP contribution < -0.4 is 19.5 Å². The third-order valence-corrected chi connectivity index (χ3v) is 7.95. The topological polar surface area (TPSA) is 131 Å². The van der Waals surface area contributed by atoms with Gasteiger partial charge in [0.05, 0.1) is 18.6 Å². The lowest BCUT2D eigenvalue weighted by atomic mass is 10.1. The van der Waals surface area contributed by atoms with E-state index in [0.717, 1.165) is 12.8 Å². The molecule has 0 spiro atoms. The number of hydrogen-bond donors (Lipinski definition) is 3. The molecule has 3 rings (SSSR count). The quantitative estimate of drug-likeness (QED) is 0.478. The number of sulfonamides is 2. The van der Waals surface area contributed by atoms with Crippen molar-refractivity contribution in [3.63, 3.8) is 0 Å². The molecule has 11 heteroatoms. The Kier molecular flexibility index (Phi) is 7.11. The fourth-order valence-electron chi connectivity index (χ4n) is 3.08. The Balaban J connectivity index is 1.86. The molecule has 2 aromatic rings. The highest BCUT2D eigenvalue weighted by atomic mass is 32.2. The molecule has 1 aliphatic rings. The van der Waals surface area contributed by atoms with Crippen LogP contribution in [0, 0.1) is 6.92 Å². The summed E-state index contributed by atoms with van der Waals surface area (Å²) in [6.45, 7) is 3.45. The Bertz CT molecular complexity index is 1220. The minimum Gasteiger partial charge on any atom is -0.495 e. The van der Waals surface area contributed by atoms with Crippen LogP contribution in [0.15, 0.2) is 41.3 Å². The average molecular weight is 482 g/mol. The van der Waals surface area contributed by atoms with Crippen LogP contribution in [-0.2, 0) is 20.0 Å². The van der Waals surface area contributed by atoms with Crippen molar-refractivity contribution >= 4 is 37.3 Å². The van der Waals surface area contributed by atoms with Crippen molar-refractivity contribution in [2.45, 2.75) is 44.0 Å². The second-order valence-electron chi connectivity index (χ2n) is 7.61. The van der Waals surface area contributed by atoms with Gasteiger partial charge in [-0.25, -0.2) is 21.6 Å². The van der Waals surface area contributed by atoms with Crippen molar-refractivity contribution in [3.8, 4) is 5.75 Å². The molecular weight excluding hydrogens is 454 g/mol. The summed E-state index contributed by atoms with van der Waals surface area (Å²) in [6, 6.07) is 8.94. The van der Waals surface area contributed by atoms with Crippen molar-refractivity contribution in [3.05, 3.63) is 47.5 Å². The number of nitrogens with one attached hydrogen (secondary N) is 3. The summed E-state index contributed by atoms with van der Waals surface area (Å²) in [7, 11) is -5.97. The van der Waals surface area contributed by atoms with Gasteiger partial charge in [0.15, 0.2) is 0 Å².